The molecule has 3 nitrogen and oxygen atoms in total. The number of carboxylic acids is 1. The first kappa shape index (κ1) is 18.5. The van der Waals surface area contributed by atoms with Crippen LogP contribution in [-0.2, 0) is 4.79 Å². The highest BCUT2D eigenvalue weighted by Crippen LogP contribution is 2.32. The molecule has 2 aromatic carbocycles. The third-order valence-electron chi connectivity index (χ3n) is 4.39. The van der Waals surface area contributed by atoms with Gasteiger partial charge in [-0.05, 0) is 59.9 Å². The SMILES string of the molecule is CC(/C=C/C=C(\C)C1=Cc2cc(-c3ccccc3)ccc2OC1)=C\C(=O)O. The zero-order valence-electron chi connectivity index (χ0n) is 15.5. The van der Waals surface area contributed by atoms with E-state index in [2.05, 4.69) is 30.3 Å². The van der Waals surface area contributed by atoms with Gasteiger partial charge in [0, 0.05) is 11.6 Å². The molecule has 0 unspecified atom stereocenters. The lowest BCUT2D eigenvalue weighted by atomic mass is 9.97. The van der Waals surface area contributed by atoms with Crippen molar-refractivity contribution in [2.24, 2.45) is 0 Å². The van der Waals surface area contributed by atoms with E-state index in [0.29, 0.717) is 12.2 Å². The number of allylic oxidation sites excluding steroid dienone is 4. The summed E-state index contributed by atoms with van der Waals surface area (Å²) in [5, 5.41) is 8.74. The number of hydrogen-bond donors (Lipinski definition) is 1. The Labute approximate surface area is 159 Å². The summed E-state index contributed by atoms with van der Waals surface area (Å²) in [6.07, 6.45) is 8.96. The van der Waals surface area contributed by atoms with Gasteiger partial charge in [-0.25, -0.2) is 4.79 Å². The van der Waals surface area contributed by atoms with Crippen molar-refractivity contribution in [3.63, 3.8) is 0 Å². The molecule has 0 radical (unpaired) electrons. The quantitative estimate of drug-likeness (QED) is 0.554. The molecule has 0 fully saturated rings. The summed E-state index contributed by atoms with van der Waals surface area (Å²) < 4.78 is 5.91. The van der Waals surface area contributed by atoms with Crippen molar-refractivity contribution in [3.05, 3.63) is 95.1 Å². The van der Waals surface area contributed by atoms with Crippen LogP contribution in [0.3, 0.4) is 0 Å². The highest BCUT2D eigenvalue weighted by molar-refractivity contribution is 5.81. The van der Waals surface area contributed by atoms with E-state index in [9.17, 15) is 4.79 Å². The van der Waals surface area contributed by atoms with Crippen LogP contribution in [0.2, 0.25) is 0 Å². The summed E-state index contributed by atoms with van der Waals surface area (Å²) in [4.78, 5) is 10.6. The molecule has 3 rings (SSSR count). The van der Waals surface area contributed by atoms with Crippen molar-refractivity contribution in [1.29, 1.82) is 0 Å². The highest BCUT2D eigenvalue weighted by Gasteiger charge is 2.13. The Balaban J connectivity index is 1.83. The van der Waals surface area contributed by atoms with Gasteiger partial charge in [0.05, 0.1) is 0 Å². The zero-order chi connectivity index (χ0) is 19.2. The molecule has 0 saturated carbocycles. The Morgan fingerprint density at radius 1 is 1.07 bits per heavy atom. The van der Waals surface area contributed by atoms with E-state index in [1.807, 2.05) is 43.3 Å². The van der Waals surface area contributed by atoms with Crippen LogP contribution in [0.4, 0.5) is 0 Å². The number of carbonyl (C=O) groups is 1. The first-order chi connectivity index (χ1) is 13.0. The van der Waals surface area contributed by atoms with Crippen molar-refractivity contribution < 1.29 is 14.6 Å². The molecule has 27 heavy (non-hydrogen) atoms. The smallest absolute Gasteiger partial charge is 0.328 e. The van der Waals surface area contributed by atoms with Crippen LogP contribution in [-0.4, -0.2) is 17.7 Å². The number of hydrogen-bond acceptors (Lipinski definition) is 2. The van der Waals surface area contributed by atoms with Crippen LogP contribution in [0.1, 0.15) is 19.4 Å². The third kappa shape index (κ3) is 4.85. The number of aliphatic carboxylic acids is 1. The van der Waals surface area contributed by atoms with Gasteiger partial charge in [-0.15, -0.1) is 0 Å². The minimum atomic E-state index is -0.938. The van der Waals surface area contributed by atoms with Crippen LogP contribution in [0.15, 0.2) is 89.6 Å². The minimum absolute atomic E-state index is 0.526. The minimum Gasteiger partial charge on any atom is -0.488 e. The van der Waals surface area contributed by atoms with E-state index in [1.165, 1.54) is 11.6 Å². The lowest BCUT2D eigenvalue weighted by Gasteiger charge is -2.19. The summed E-state index contributed by atoms with van der Waals surface area (Å²) in [6, 6.07) is 16.5. The standard InChI is InChI=1S/C24H22O3/c1-17(13-24(25)26)7-6-8-18(2)22-15-21-14-20(11-12-23(21)27-16-22)19-9-4-3-5-10-19/h3-15H,16H2,1-2H3,(H,25,26)/b7-6+,17-13+,18-8+. The number of rotatable bonds is 5. The third-order valence-corrected chi connectivity index (χ3v) is 4.39. The second-order valence-corrected chi connectivity index (χ2v) is 6.51. The van der Waals surface area contributed by atoms with Gasteiger partial charge in [-0.3, -0.25) is 0 Å². The lowest BCUT2D eigenvalue weighted by Crippen LogP contribution is -2.08. The van der Waals surface area contributed by atoms with Gasteiger partial charge in [-0.1, -0.05) is 54.6 Å². The predicted octanol–water partition coefficient (Wildman–Crippen LogP) is 5.66. The van der Waals surface area contributed by atoms with E-state index >= 15 is 0 Å². The average molecular weight is 358 g/mol. The van der Waals surface area contributed by atoms with Crippen LogP contribution in [0.5, 0.6) is 5.75 Å². The molecule has 1 aliphatic rings. The van der Waals surface area contributed by atoms with E-state index in [1.54, 1.807) is 13.0 Å². The Hall–Kier alpha value is -3.33. The molecule has 0 spiro atoms. The van der Waals surface area contributed by atoms with Crippen molar-refractivity contribution in [1.82, 2.24) is 0 Å². The number of carboxylic acid groups (broad SMARTS) is 1. The second-order valence-electron chi connectivity index (χ2n) is 6.51. The molecular formula is C24H22O3. The van der Waals surface area contributed by atoms with Crippen molar-refractivity contribution in [2.75, 3.05) is 6.61 Å². The van der Waals surface area contributed by atoms with Gasteiger partial charge < -0.3 is 9.84 Å². The van der Waals surface area contributed by atoms with Gasteiger partial charge in [0.1, 0.15) is 12.4 Å². The fourth-order valence-corrected chi connectivity index (χ4v) is 2.91. The van der Waals surface area contributed by atoms with Crippen molar-refractivity contribution in [3.8, 4) is 16.9 Å². The molecule has 136 valence electrons. The Bertz CT molecular complexity index is 960. The first-order valence-electron chi connectivity index (χ1n) is 8.82. The summed E-state index contributed by atoms with van der Waals surface area (Å²) in [7, 11) is 0. The molecule has 0 atom stereocenters. The summed E-state index contributed by atoms with van der Waals surface area (Å²) in [5.41, 5.74) is 6.29. The monoisotopic (exact) mass is 358 g/mol. The molecule has 0 amide bonds. The maximum Gasteiger partial charge on any atom is 0.328 e. The maximum absolute atomic E-state index is 10.6. The largest absolute Gasteiger partial charge is 0.488 e. The Morgan fingerprint density at radius 3 is 2.59 bits per heavy atom. The molecule has 3 heteroatoms. The zero-order valence-corrected chi connectivity index (χ0v) is 15.5. The van der Waals surface area contributed by atoms with Crippen LogP contribution in [0.25, 0.3) is 17.2 Å². The Kier molecular flexibility index (Phi) is 5.72. The number of ether oxygens (including phenoxy) is 1. The fourth-order valence-electron chi connectivity index (χ4n) is 2.91. The van der Waals surface area contributed by atoms with E-state index in [4.69, 9.17) is 9.84 Å². The molecule has 0 aromatic heterocycles. The molecule has 1 N–H and O–H groups in total. The fraction of sp³-hybridized carbons (Fsp3) is 0.125. The second kappa shape index (κ2) is 8.37. The lowest BCUT2D eigenvalue weighted by molar-refractivity contribution is -0.131. The normalized spacial score (nSPS) is 14.5. The van der Waals surface area contributed by atoms with Crippen LogP contribution < -0.4 is 4.74 Å². The molecular weight excluding hydrogens is 336 g/mol. The maximum atomic E-state index is 10.6. The number of fused-ring (bicyclic) bond motifs is 1. The van der Waals surface area contributed by atoms with Gasteiger partial charge in [-0.2, -0.15) is 0 Å². The highest BCUT2D eigenvalue weighted by atomic mass is 16.5. The van der Waals surface area contributed by atoms with Gasteiger partial charge in [0.25, 0.3) is 0 Å². The summed E-state index contributed by atoms with van der Waals surface area (Å²) in [6.45, 7) is 4.32. The van der Waals surface area contributed by atoms with E-state index in [-0.39, 0.29) is 0 Å². The van der Waals surface area contributed by atoms with Crippen LogP contribution >= 0.6 is 0 Å². The molecule has 0 bridgehead atoms. The molecule has 2 aromatic rings. The van der Waals surface area contributed by atoms with E-state index in [0.717, 1.165) is 28.0 Å². The number of benzene rings is 2. The van der Waals surface area contributed by atoms with Crippen LogP contribution in [0, 0.1) is 0 Å². The summed E-state index contributed by atoms with van der Waals surface area (Å²) in [5.74, 6) is -0.0472. The summed E-state index contributed by atoms with van der Waals surface area (Å²) >= 11 is 0. The predicted molar refractivity (Wildman–Crippen MR) is 110 cm³/mol. The van der Waals surface area contributed by atoms with Gasteiger partial charge in [0.15, 0.2) is 0 Å². The first-order valence-corrected chi connectivity index (χ1v) is 8.82. The van der Waals surface area contributed by atoms with Crippen molar-refractivity contribution in [2.45, 2.75) is 13.8 Å². The molecule has 1 aliphatic heterocycles. The Morgan fingerprint density at radius 2 is 1.85 bits per heavy atom. The van der Waals surface area contributed by atoms with Gasteiger partial charge >= 0.3 is 5.97 Å². The topological polar surface area (TPSA) is 46.5 Å². The molecule has 0 saturated heterocycles. The van der Waals surface area contributed by atoms with E-state index < -0.39 is 5.97 Å². The average Bonchev–Trinajstić information content (AvgIpc) is 2.67. The van der Waals surface area contributed by atoms with Crippen molar-refractivity contribution >= 4 is 12.0 Å². The molecule has 0 aliphatic carbocycles. The molecule has 1 heterocycles. The van der Waals surface area contributed by atoms with Gasteiger partial charge in [0.2, 0.25) is 0 Å².